The van der Waals surface area contributed by atoms with E-state index >= 15 is 0 Å². The Morgan fingerprint density at radius 3 is 2.82 bits per heavy atom. The highest BCUT2D eigenvalue weighted by Crippen LogP contribution is 2.52. The van der Waals surface area contributed by atoms with Crippen LogP contribution < -0.4 is 0 Å². The zero-order valence-electron chi connectivity index (χ0n) is 6.96. The molecule has 2 atom stereocenters. The van der Waals surface area contributed by atoms with Gasteiger partial charge >= 0.3 is 5.97 Å². The number of rotatable bonds is 3. The molecule has 11 heavy (non-hydrogen) atoms. The number of ether oxygens (including phenoxy) is 1. The summed E-state index contributed by atoms with van der Waals surface area (Å²) in [6.45, 7) is 4.19. The number of aliphatic hydroxyl groups is 1. The maximum atomic E-state index is 11.0. The molecule has 0 spiro atoms. The lowest BCUT2D eigenvalue weighted by atomic mass is 10.1. The molecular weight excluding hydrogens is 144 g/mol. The van der Waals surface area contributed by atoms with Gasteiger partial charge in [0.1, 0.15) is 0 Å². The van der Waals surface area contributed by atoms with Crippen molar-refractivity contribution in [3.05, 3.63) is 0 Å². The van der Waals surface area contributed by atoms with Gasteiger partial charge in [-0.25, -0.2) is 0 Å². The second kappa shape index (κ2) is 2.81. The van der Waals surface area contributed by atoms with Gasteiger partial charge in [0.05, 0.1) is 12.5 Å². The molecule has 0 unspecified atom stereocenters. The van der Waals surface area contributed by atoms with Crippen molar-refractivity contribution in [3.63, 3.8) is 0 Å². The summed E-state index contributed by atoms with van der Waals surface area (Å²) < 4.78 is 4.81. The fraction of sp³-hybridized carbons (Fsp3) is 0.875. The first kappa shape index (κ1) is 8.53. The summed E-state index contributed by atoms with van der Waals surface area (Å²) in [6.07, 6.45) is 0.766. The molecule has 0 aromatic heterocycles. The lowest BCUT2D eigenvalue weighted by Gasteiger charge is -2.05. The van der Waals surface area contributed by atoms with E-state index in [1.54, 1.807) is 6.92 Å². The van der Waals surface area contributed by atoms with Crippen molar-refractivity contribution in [1.29, 1.82) is 0 Å². The summed E-state index contributed by atoms with van der Waals surface area (Å²) >= 11 is 0. The van der Waals surface area contributed by atoms with Crippen molar-refractivity contribution in [2.45, 2.75) is 20.3 Å². The first-order chi connectivity index (χ1) is 5.14. The van der Waals surface area contributed by atoms with Gasteiger partial charge in [-0.2, -0.15) is 0 Å². The van der Waals surface area contributed by atoms with E-state index in [2.05, 4.69) is 0 Å². The molecule has 0 bridgehead atoms. The third kappa shape index (κ3) is 1.53. The average molecular weight is 158 g/mol. The van der Waals surface area contributed by atoms with E-state index in [9.17, 15) is 4.79 Å². The van der Waals surface area contributed by atoms with Crippen LogP contribution in [0.3, 0.4) is 0 Å². The highest BCUT2D eigenvalue weighted by atomic mass is 16.5. The van der Waals surface area contributed by atoms with Crippen LogP contribution in [0.5, 0.6) is 0 Å². The smallest absolute Gasteiger partial charge is 0.309 e. The SMILES string of the molecule is CCOC(=O)[C@@H]1C[C@@]1(C)CO. The Bertz CT molecular complexity index is 167. The van der Waals surface area contributed by atoms with Crippen molar-refractivity contribution in [2.24, 2.45) is 11.3 Å². The predicted molar refractivity (Wildman–Crippen MR) is 39.9 cm³/mol. The largest absolute Gasteiger partial charge is 0.466 e. The molecular formula is C8H14O3. The van der Waals surface area contributed by atoms with E-state index in [0.717, 1.165) is 6.42 Å². The second-order valence-corrected chi connectivity index (χ2v) is 3.32. The molecule has 1 N–H and O–H groups in total. The molecule has 3 heteroatoms. The monoisotopic (exact) mass is 158 g/mol. The van der Waals surface area contributed by atoms with E-state index in [0.29, 0.717) is 6.61 Å². The van der Waals surface area contributed by atoms with Crippen LogP contribution in [0.1, 0.15) is 20.3 Å². The third-order valence-corrected chi connectivity index (χ3v) is 2.28. The summed E-state index contributed by atoms with van der Waals surface area (Å²) in [7, 11) is 0. The molecule has 0 heterocycles. The van der Waals surface area contributed by atoms with Gasteiger partial charge in [-0.3, -0.25) is 4.79 Å². The number of carbonyl (C=O) groups is 1. The predicted octanol–water partition coefficient (Wildman–Crippen LogP) is 0.568. The minimum absolute atomic E-state index is 0.0625. The molecule has 1 aliphatic carbocycles. The van der Waals surface area contributed by atoms with Crippen LogP contribution in [-0.4, -0.2) is 24.3 Å². The Labute approximate surface area is 66.4 Å². The van der Waals surface area contributed by atoms with E-state index in [1.165, 1.54) is 0 Å². The molecule has 0 amide bonds. The molecule has 0 aromatic rings. The van der Waals surface area contributed by atoms with Crippen molar-refractivity contribution >= 4 is 5.97 Å². The molecule has 0 aliphatic heterocycles. The van der Waals surface area contributed by atoms with Crippen molar-refractivity contribution in [1.82, 2.24) is 0 Å². The highest BCUT2D eigenvalue weighted by molar-refractivity contribution is 5.76. The zero-order valence-corrected chi connectivity index (χ0v) is 6.96. The molecule has 1 aliphatic rings. The lowest BCUT2D eigenvalue weighted by molar-refractivity contribution is -0.145. The average Bonchev–Trinajstić information content (AvgIpc) is 2.65. The van der Waals surface area contributed by atoms with E-state index in [1.807, 2.05) is 6.92 Å². The van der Waals surface area contributed by atoms with Crippen molar-refractivity contribution in [3.8, 4) is 0 Å². The first-order valence-electron chi connectivity index (χ1n) is 3.91. The fourth-order valence-electron chi connectivity index (χ4n) is 1.19. The minimum atomic E-state index is -0.188. The maximum absolute atomic E-state index is 11.0. The summed E-state index contributed by atoms with van der Waals surface area (Å²) in [5, 5.41) is 8.85. The van der Waals surface area contributed by atoms with Crippen LogP contribution in [0, 0.1) is 11.3 Å². The van der Waals surface area contributed by atoms with Gasteiger partial charge in [0.25, 0.3) is 0 Å². The van der Waals surface area contributed by atoms with Gasteiger partial charge in [0, 0.05) is 12.0 Å². The number of hydrogen-bond acceptors (Lipinski definition) is 3. The molecule has 3 nitrogen and oxygen atoms in total. The Kier molecular flexibility index (Phi) is 2.18. The summed E-state index contributed by atoms with van der Waals surface area (Å²) in [5.41, 5.74) is -0.188. The van der Waals surface area contributed by atoms with E-state index in [-0.39, 0.29) is 23.9 Å². The number of hydrogen-bond donors (Lipinski definition) is 1. The number of aliphatic hydroxyl groups excluding tert-OH is 1. The van der Waals surface area contributed by atoms with Gasteiger partial charge in [0.15, 0.2) is 0 Å². The highest BCUT2D eigenvalue weighted by Gasteiger charge is 2.55. The lowest BCUT2D eigenvalue weighted by Crippen LogP contribution is -2.14. The second-order valence-electron chi connectivity index (χ2n) is 3.32. The van der Waals surface area contributed by atoms with Gasteiger partial charge in [-0.05, 0) is 13.3 Å². The van der Waals surface area contributed by atoms with Crippen LogP contribution in [0.2, 0.25) is 0 Å². The van der Waals surface area contributed by atoms with Crippen LogP contribution >= 0.6 is 0 Å². The van der Waals surface area contributed by atoms with Crippen LogP contribution in [0.25, 0.3) is 0 Å². The fourth-order valence-corrected chi connectivity index (χ4v) is 1.19. The standard InChI is InChI=1S/C8H14O3/c1-3-11-7(10)6-4-8(6,2)5-9/h6,9H,3-5H2,1-2H3/t6-,8-/m0/s1. The summed E-state index contributed by atoms with van der Waals surface area (Å²) in [6, 6.07) is 0. The molecule has 0 radical (unpaired) electrons. The van der Waals surface area contributed by atoms with Gasteiger partial charge in [-0.15, -0.1) is 0 Å². The minimum Gasteiger partial charge on any atom is -0.466 e. The van der Waals surface area contributed by atoms with E-state index in [4.69, 9.17) is 9.84 Å². The van der Waals surface area contributed by atoms with Crippen LogP contribution in [0.4, 0.5) is 0 Å². The quantitative estimate of drug-likeness (QED) is 0.611. The number of carbonyl (C=O) groups excluding carboxylic acids is 1. The van der Waals surface area contributed by atoms with E-state index < -0.39 is 0 Å². The number of esters is 1. The third-order valence-electron chi connectivity index (χ3n) is 2.28. The van der Waals surface area contributed by atoms with Crippen LogP contribution in [0.15, 0.2) is 0 Å². The Hall–Kier alpha value is -0.570. The first-order valence-corrected chi connectivity index (χ1v) is 3.91. The molecule has 64 valence electrons. The summed E-state index contributed by atoms with van der Waals surface area (Å²) in [4.78, 5) is 11.0. The topological polar surface area (TPSA) is 46.5 Å². The summed E-state index contributed by atoms with van der Waals surface area (Å²) in [5.74, 6) is -0.225. The van der Waals surface area contributed by atoms with Crippen LogP contribution in [-0.2, 0) is 9.53 Å². The Morgan fingerprint density at radius 1 is 1.82 bits per heavy atom. The van der Waals surface area contributed by atoms with Gasteiger partial charge in [0.2, 0.25) is 0 Å². The normalized spacial score (nSPS) is 35.0. The van der Waals surface area contributed by atoms with Crippen molar-refractivity contribution < 1.29 is 14.6 Å². The molecule has 0 aromatic carbocycles. The van der Waals surface area contributed by atoms with Gasteiger partial charge < -0.3 is 9.84 Å². The maximum Gasteiger partial charge on any atom is 0.309 e. The molecule has 1 fully saturated rings. The molecule has 1 saturated carbocycles. The van der Waals surface area contributed by atoms with Crippen molar-refractivity contribution in [2.75, 3.05) is 13.2 Å². The Balaban J connectivity index is 2.36. The molecule has 0 saturated heterocycles. The Morgan fingerprint density at radius 2 is 2.45 bits per heavy atom. The molecule has 1 rings (SSSR count). The van der Waals surface area contributed by atoms with Gasteiger partial charge in [-0.1, -0.05) is 6.92 Å². The zero-order chi connectivity index (χ0) is 8.48.